The lowest BCUT2D eigenvalue weighted by atomic mass is 10.1. The molecule has 2 aliphatic rings. The lowest BCUT2D eigenvalue weighted by Crippen LogP contribution is -2.42. The standard InChI is InChI=1S/C14H16N2O2/c17-13-7-6-11(15-13)14(18)16-12-8-10(12)9-4-2-1-3-5-9/h1-5,10-12H,6-8H2,(H,15,17)(H,16,18)/t10-,11-,12+/m0/s1. The maximum absolute atomic E-state index is 11.9. The van der Waals surface area contributed by atoms with Gasteiger partial charge in [0.1, 0.15) is 6.04 Å². The van der Waals surface area contributed by atoms with Crippen molar-refractivity contribution in [2.24, 2.45) is 0 Å². The zero-order valence-corrected chi connectivity index (χ0v) is 10.1. The Morgan fingerprint density at radius 1 is 1.28 bits per heavy atom. The molecular weight excluding hydrogens is 228 g/mol. The summed E-state index contributed by atoms with van der Waals surface area (Å²) in [4.78, 5) is 22.9. The fraction of sp³-hybridized carbons (Fsp3) is 0.429. The molecule has 2 N–H and O–H groups in total. The number of rotatable bonds is 3. The highest BCUT2D eigenvalue weighted by Crippen LogP contribution is 2.40. The van der Waals surface area contributed by atoms with Crippen molar-refractivity contribution in [3.8, 4) is 0 Å². The second-order valence-electron chi connectivity index (χ2n) is 5.03. The van der Waals surface area contributed by atoms with Crippen LogP contribution in [0, 0.1) is 0 Å². The Hall–Kier alpha value is -1.84. The summed E-state index contributed by atoms with van der Waals surface area (Å²) in [6, 6.07) is 10.1. The van der Waals surface area contributed by atoms with E-state index in [1.807, 2.05) is 18.2 Å². The molecule has 0 radical (unpaired) electrons. The first-order valence-corrected chi connectivity index (χ1v) is 6.39. The quantitative estimate of drug-likeness (QED) is 0.831. The molecule has 1 saturated carbocycles. The van der Waals surface area contributed by atoms with Crippen LogP contribution in [-0.2, 0) is 9.59 Å². The van der Waals surface area contributed by atoms with Crippen LogP contribution in [0.3, 0.4) is 0 Å². The van der Waals surface area contributed by atoms with Gasteiger partial charge in [0.15, 0.2) is 0 Å². The molecule has 1 saturated heterocycles. The van der Waals surface area contributed by atoms with E-state index in [0.717, 1.165) is 6.42 Å². The van der Waals surface area contributed by atoms with E-state index < -0.39 is 0 Å². The van der Waals surface area contributed by atoms with Crippen LogP contribution in [0.5, 0.6) is 0 Å². The molecule has 1 heterocycles. The molecule has 94 valence electrons. The topological polar surface area (TPSA) is 58.2 Å². The van der Waals surface area contributed by atoms with Gasteiger partial charge in [-0.1, -0.05) is 30.3 Å². The molecule has 4 heteroatoms. The van der Waals surface area contributed by atoms with Crippen LogP contribution in [0.15, 0.2) is 30.3 Å². The van der Waals surface area contributed by atoms with E-state index in [1.165, 1.54) is 5.56 Å². The third-order valence-electron chi connectivity index (χ3n) is 3.66. The van der Waals surface area contributed by atoms with E-state index in [4.69, 9.17) is 0 Å². The number of nitrogens with one attached hydrogen (secondary N) is 2. The highest BCUT2D eigenvalue weighted by molar-refractivity contribution is 5.91. The predicted octanol–water partition coefficient (Wildman–Crippen LogP) is 0.937. The van der Waals surface area contributed by atoms with E-state index in [1.54, 1.807) is 0 Å². The Labute approximate surface area is 106 Å². The summed E-state index contributed by atoms with van der Waals surface area (Å²) in [5.41, 5.74) is 1.28. The molecule has 1 aliphatic carbocycles. The summed E-state index contributed by atoms with van der Waals surface area (Å²) >= 11 is 0. The normalized spacial score (nSPS) is 29.8. The SMILES string of the molecule is O=C1CC[C@@H](C(=O)N[C@@H]2C[C@H]2c2ccccc2)N1. The lowest BCUT2D eigenvalue weighted by Gasteiger charge is -2.10. The number of hydrogen-bond donors (Lipinski definition) is 2. The third kappa shape index (κ3) is 2.23. The zero-order valence-electron chi connectivity index (χ0n) is 10.1. The van der Waals surface area contributed by atoms with Crippen LogP contribution in [0.25, 0.3) is 0 Å². The summed E-state index contributed by atoms with van der Waals surface area (Å²) in [6.07, 6.45) is 2.08. The minimum Gasteiger partial charge on any atom is -0.351 e. The first-order valence-electron chi connectivity index (χ1n) is 6.39. The summed E-state index contributed by atoms with van der Waals surface area (Å²) in [6.45, 7) is 0. The van der Waals surface area contributed by atoms with Crippen LogP contribution < -0.4 is 10.6 Å². The predicted molar refractivity (Wildman–Crippen MR) is 66.9 cm³/mol. The Morgan fingerprint density at radius 2 is 2.06 bits per heavy atom. The van der Waals surface area contributed by atoms with Crippen LogP contribution in [0.4, 0.5) is 0 Å². The van der Waals surface area contributed by atoms with Crippen molar-refractivity contribution in [3.05, 3.63) is 35.9 Å². The van der Waals surface area contributed by atoms with Gasteiger partial charge in [-0.15, -0.1) is 0 Å². The van der Waals surface area contributed by atoms with E-state index in [9.17, 15) is 9.59 Å². The number of amides is 2. The highest BCUT2D eigenvalue weighted by Gasteiger charge is 2.41. The summed E-state index contributed by atoms with van der Waals surface area (Å²) < 4.78 is 0. The fourth-order valence-corrected chi connectivity index (χ4v) is 2.52. The molecule has 3 atom stereocenters. The van der Waals surface area contributed by atoms with Crippen LogP contribution in [0.1, 0.15) is 30.7 Å². The first kappa shape index (κ1) is 11.3. The molecule has 3 rings (SSSR count). The molecule has 2 amide bonds. The van der Waals surface area contributed by atoms with Gasteiger partial charge in [0.05, 0.1) is 0 Å². The molecule has 0 spiro atoms. The van der Waals surface area contributed by atoms with Gasteiger partial charge in [0, 0.05) is 18.4 Å². The minimum absolute atomic E-state index is 0.0226. The Kier molecular flexibility index (Phi) is 2.78. The van der Waals surface area contributed by atoms with Crippen molar-refractivity contribution in [1.29, 1.82) is 0 Å². The molecular formula is C14H16N2O2. The van der Waals surface area contributed by atoms with Crippen molar-refractivity contribution in [3.63, 3.8) is 0 Å². The number of hydrogen-bond acceptors (Lipinski definition) is 2. The van der Waals surface area contributed by atoms with Crippen molar-refractivity contribution >= 4 is 11.8 Å². The van der Waals surface area contributed by atoms with E-state index in [-0.39, 0.29) is 23.9 Å². The van der Waals surface area contributed by atoms with Gasteiger partial charge in [0.25, 0.3) is 0 Å². The van der Waals surface area contributed by atoms with Gasteiger partial charge in [-0.3, -0.25) is 9.59 Å². The molecule has 0 unspecified atom stereocenters. The van der Waals surface area contributed by atoms with Gasteiger partial charge < -0.3 is 10.6 Å². The van der Waals surface area contributed by atoms with Crippen molar-refractivity contribution in [2.75, 3.05) is 0 Å². The maximum atomic E-state index is 11.9. The van der Waals surface area contributed by atoms with E-state index >= 15 is 0 Å². The lowest BCUT2D eigenvalue weighted by molar-refractivity contribution is -0.125. The monoisotopic (exact) mass is 244 g/mol. The van der Waals surface area contributed by atoms with Gasteiger partial charge >= 0.3 is 0 Å². The second kappa shape index (κ2) is 4.44. The average Bonchev–Trinajstić information content (AvgIpc) is 3.01. The van der Waals surface area contributed by atoms with E-state index in [0.29, 0.717) is 18.8 Å². The largest absolute Gasteiger partial charge is 0.351 e. The molecule has 2 fully saturated rings. The van der Waals surface area contributed by atoms with Gasteiger partial charge in [-0.25, -0.2) is 0 Å². The fourth-order valence-electron chi connectivity index (χ4n) is 2.52. The smallest absolute Gasteiger partial charge is 0.242 e. The van der Waals surface area contributed by atoms with Gasteiger partial charge in [-0.05, 0) is 18.4 Å². The van der Waals surface area contributed by atoms with Crippen LogP contribution in [0.2, 0.25) is 0 Å². The Bertz CT molecular complexity index is 472. The Balaban J connectivity index is 1.54. The number of benzene rings is 1. The van der Waals surface area contributed by atoms with Crippen LogP contribution >= 0.6 is 0 Å². The third-order valence-corrected chi connectivity index (χ3v) is 3.66. The molecule has 4 nitrogen and oxygen atoms in total. The second-order valence-corrected chi connectivity index (χ2v) is 5.03. The average molecular weight is 244 g/mol. The molecule has 1 aliphatic heterocycles. The Morgan fingerprint density at radius 3 is 2.72 bits per heavy atom. The summed E-state index contributed by atoms with van der Waals surface area (Å²) in [7, 11) is 0. The highest BCUT2D eigenvalue weighted by atomic mass is 16.2. The zero-order chi connectivity index (χ0) is 12.5. The van der Waals surface area contributed by atoms with Crippen molar-refractivity contribution in [2.45, 2.75) is 37.3 Å². The summed E-state index contributed by atoms with van der Waals surface area (Å²) in [5.74, 6) is 0.377. The molecule has 1 aromatic rings. The maximum Gasteiger partial charge on any atom is 0.242 e. The molecule has 0 bridgehead atoms. The number of carbonyl (C=O) groups excluding carboxylic acids is 2. The molecule has 18 heavy (non-hydrogen) atoms. The van der Waals surface area contributed by atoms with Crippen molar-refractivity contribution < 1.29 is 9.59 Å². The number of carbonyl (C=O) groups is 2. The van der Waals surface area contributed by atoms with Gasteiger partial charge in [0.2, 0.25) is 11.8 Å². The molecule has 0 aromatic heterocycles. The molecule has 1 aromatic carbocycles. The van der Waals surface area contributed by atoms with Gasteiger partial charge in [-0.2, -0.15) is 0 Å². The minimum atomic E-state index is -0.325. The van der Waals surface area contributed by atoms with Crippen molar-refractivity contribution in [1.82, 2.24) is 10.6 Å². The van der Waals surface area contributed by atoms with E-state index in [2.05, 4.69) is 22.8 Å². The van der Waals surface area contributed by atoms with Crippen LogP contribution in [-0.4, -0.2) is 23.9 Å². The summed E-state index contributed by atoms with van der Waals surface area (Å²) in [5, 5.41) is 5.70. The first-order chi connectivity index (χ1) is 8.74.